The smallest absolute Gasteiger partial charge is 0.269 e. The van der Waals surface area contributed by atoms with Gasteiger partial charge in [-0.05, 0) is 25.6 Å². The quantitative estimate of drug-likeness (QED) is 0.787. The van der Waals surface area contributed by atoms with E-state index in [1.165, 1.54) is 0 Å². The monoisotopic (exact) mass is 301 g/mol. The minimum atomic E-state index is -0.155. The molecule has 0 bridgehead atoms. The van der Waals surface area contributed by atoms with Crippen molar-refractivity contribution in [3.8, 4) is 5.88 Å². The molecule has 3 rings (SSSR count). The number of hydrogen-bond donors (Lipinski definition) is 2. The topological polar surface area (TPSA) is 83.1 Å². The molecular formula is C15H19N5O2. The van der Waals surface area contributed by atoms with Gasteiger partial charge < -0.3 is 15.0 Å². The number of fused-ring (bicyclic) bond motifs is 1. The fraction of sp³-hybridized carbons (Fsp3) is 0.400. The van der Waals surface area contributed by atoms with Crippen molar-refractivity contribution in [2.45, 2.75) is 20.0 Å². The van der Waals surface area contributed by atoms with Gasteiger partial charge in [0, 0.05) is 24.7 Å². The van der Waals surface area contributed by atoms with Crippen molar-refractivity contribution in [1.82, 2.24) is 20.5 Å². The van der Waals surface area contributed by atoms with Crippen molar-refractivity contribution in [3.05, 3.63) is 45.5 Å². The minimum Gasteiger partial charge on any atom is -0.476 e. The summed E-state index contributed by atoms with van der Waals surface area (Å²) in [5.74, 6) is 0.636. The first kappa shape index (κ1) is 14.5. The number of nitrogens with zero attached hydrogens (tertiary/aromatic N) is 3. The summed E-state index contributed by atoms with van der Waals surface area (Å²) in [4.78, 5) is 18.3. The molecule has 3 heterocycles. The van der Waals surface area contributed by atoms with E-state index in [4.69, 9.17) is 4.74 Å². The molecule has 0 spiro atoms. The third kappa shape index (κ3) is 2.80. The van der Waals surface area contributed by atoms with Gasteiger partial charge in [0.05, 0.1) is 24.1 Å². The van der Waals surface area contributed by atoms with Gasteiger partial charge in [-0.3, -0.25) is 4.79 Å². The first-order valence-corrected chi connectivity index (χ1v) is 7.24. The van der Waals surface area contributed by atoms with Crippen LogP contribution in [0.4, 0.5) is 5.69 Å². The van der Waals surface area contributed by atoms with Crippen molar-refractivity contribution in [1.29, 1.82) is 0 Å². The maximum atomic E-state index is 11.7. The zero-order valence-electron chi connectivity index (χ0n) is 12.7. The summed E-state index contributed by atoms with van der Waals surface area (Å²) in [5.41, 5.74) is 3.51. The largest absolute Gasteiger partial charge is 0.476 e. The predicted molar refractivity (Wildman–Crippen MR) is 83.1 cm³/mol. The molecule has 0 aliphatic carbocycles. The Balaban J connectivity index is 1.77. The van der Waals surface area contributed by atoms with E-state index in [-0.39, 0.29) is 5.56 Å². The van der Waals surface area contributed by atoms with Crippen LogP contribution in [-0.2, 0) is 13.1 Å². The predicted octanol–water partition coefficient (Wildman–Crippen LogP) is 0.592. The highest BCUT2D eigenvalue weighted by atomic mass is 16.5. The fourth-order valence-corrected chi connectivity index (χ4v) is 2.51. The van der Waals surface area contributed by atoms with Crippen molar-refractivity contribution in [2.24, 2.45) is 0 Å². The number of likely N-dealkylation sites (N-methyl/N-ethyl adjacent to an activating group) is 1. The van der Waals surface area contributed by atoms with Crippen LogP contribution in [0.1, 0.15) is 16.8 Å². The maximum absolute atomic E-state index is 11.7. The Kier molecular flexibility index (Phi) is 4.06. The number of ether oxygens (including phenoxy) is 1. The number of anilines is 1. The van der Waals surface area contributed by atoms with Gasteiger partial charge in [0.25, 0.3) is 5.56 Å². The molecule has 0 radical (unpaired) electrons. The van der Waals surface area contributed by atoms with Crippen molar-refractivity contribution >= 4 is 5.69 Å². The third-order valence-corrected chi connectivity index (χ3v) is 3.77. The molecule has 2 aromatic rings. The van der Waals surface area contributed by atoms with Crippen LogP contribution in [0.25, 0.3) is 0 Å². The number of nitrogens with one attached hydrogen (secondary N) is 2. The van der Waals surface area contributed by atoms with Crippen LogP contribution in [0.15, 0.2) is 23.1 Å². The van der Waals surface area contributed by atoms with E-state index in [0.29, 0.717) is 24.6 Å². The number of pyridine rings is 1. The van der Waals surface area contributed by atoms with Crippen molar-refractivity contribution in [3.63, 3.8) is 0 Å². The Labute approximate surface area is 128 Å². The molecule has 22 heavy (non-hydrogen) atoms. The normalized spacial score (nSPS) is 13.3. The second kappa shape index (κ2) is 6.15. The Morgan fingerprint density at radius 2 is 2.27 bits per heavy atom. The highest BCUT2D eigenvalue weighted by molar-refractivity contribution is 5.53. The summed E-state index contributed by atoms with van der Waals surface area (Å²) in [6.07, 6.45) is 1.69. The number of hydrogen-bond acceptors (Lipinski definition) is 6. The van der Waals surface area contributed by atoms with E-state index in [2.05, 4.69) is 25.4 Å². The molecule has 1 aliphatic rings. The molecule has 7 heteroatoms. The summed E-state index contributed by atoms with van der Waals surface area (Å²) < 4.78 is 5.60. The second-order valence-corrected chi connectivity index (χ2v) is 5.27. The lowest BCUT2D eigenvalue weighted by atomic mass is 10.2. The Hall–Kier alpha value is -2.41. The summed E-state index contributed by atoms with van der Waals surface area (Å²) in [5, 5.41) is 9.37. The second-order valence-electron chi connectivity index (χ2n) is 5.27. The fourth-order valence-electron chi connectivity index (χ4n) is 2.51. The lowest BCUT2D eigenvalue weighted by Gasteiger charge is -2.18. The average molecular weight is 301 g/mol. The number of rotatable bonds is 5. The summed E-state index contributed by atoms with van der Waals surface area (Å²) in [6.45, 7) is 4.56. The molecule has 1 aliphatic heterocycles. The van der Waals surface area contributed by atoms with Crippen LogP contribution in [0.2, 0.25) is 0 Å². The molecule has 2 N–H and O–H groups in total. The molecule has 2 aromatic heterocycles. The Morgan fingerprint density at radius 1 is 1.41 bits per heavy atom. The molecule has 0 amide bonds. The molecule has 0 saturated heterocycles. The molecule has 0 fully saturated rings. The maximum Gasteiger partial charge on any atom is 0.269 e. The molecule has 7 nitrogen and oxygen atoms in total. The summed E-state index contributed by atoms with van der Waals surface area (Å²) in [6, 6.07) is 3.92. The van der Waals surface area contributed by atoms with Gasteiger partial charge in [-0.25, -0.2) is 10.1 Å². The lowest BCUT2D eigenvalue weighted by molar-refractivity contribution is 0.305. The average Bonchev–Trinajstić information content (AvgIpc) is 2.93. The highest BCUT2D eigenvalue weighted by Crippen LogP contribution is 2.28. The molecule has 116 valence electrons. The van der Waals surface area contributed by atoms with E-state index < -0.39 is 0 Å². The van der Waals surface area contributed by atoms with Crippen molar-refractivity contribution < 1.29 is 4.74 Å². The number of aromatic amines is 1. The van der Waals surface area contributed by atoms with E-state index in [0.717, 1.165) is 30.0 Å². The SMILES string of the molecule is CNCCOc1ccc2c(n1)CN(c1cn[nH]c(=O)c1C)C2. The van der Waals surface area contributed by atoms with Gasteiger partial charge in [0.1, 0.15) is 6.61 Å². The first-order valence-electron chi connectivity index (χ1n) is 7.24. The van der Waals surface area contributed by atoms with Gasteiger partial charge in [0.15, 0.2) is 0 Å². The van der Waals surface area contributed by atoms with Gasteiger partial charge in [-0.1, -0.05) is 0 Å². The van der Waals surface area contributed by atoms with E-state index in [1.807, 2.05) is 19.2 Å². The van der Waals surface area contributed by atoms with E-state index >= 15 is 0 Å². The standard InChI is InChI=1S/C15H19N5O2/c1-10-13(7-17-19-15(10)21)20-8-11-3-4-14(18-12(11)9-20)22-6-5-16-2/h3-4,7,16H,5-6,8-9H2,1-2H3,(H,19,21). The van der Waals surface area contributed by atoms with Crippen molar-refractivity contribution in [2.75, 3.05) is 25.1 Å². The molecule has 0 aromatic carbocycles. The summed E-state index contributed by atoms with van der Waals surface area (Å²) >= 11 is 0. The zero-order valence-corrected chi connectivity index (χ0v) is 12.7. The Bertz CT molecular complexity index is 728. The van der Waals surface area contributed by atoms with Gasteiger partial charge >= 0.3 is 0 Å². The number of H-pyrrole nitrogens is 1. The molecule has 0 atom stereocenters. The molecule has 0 unspecified atom stereocenters. The van der Waals surface area contributed by atoms with Crippen LogP contribution in [0.5, 0.6) is 5.88 Å². The van der Waals surface area contributed by atoms with Crippen LogP contribution in [0, 0.1) is 6.92 Å². The van der Waals surface area contributed by atoms with Gasteiger partial charge in [-0.15, -0.1) is 0 Å². The van der Waals surface area contributed by atoms with E-state index in [1.54, 1.807) is 13.1 Å². The minimum absolute atomic E-state index is 0.155. The van der Waals surface area contributed by atoms with Gasteiger partial charge in [-0.2, -0.15) is 5.10 Å². The van der Waals surface area contributed by atoms with Gasteiger partial charge in [0.2, 0.25) is 5.88 Å². The van der Waals surface area contributed by atoms with E-state index in [9.17, 15) is 4.79 Å². The third-order valence-electron chi connectivity index (χ3n) is 3.77. The first-order chi connectivity index (χ1) is 10.7. The summed E-state index contributed by atoms with van der Waals surface area (Å²) in [7, 11) is 1.88. The van der Waals surface area contributed by atoms with Crippen LogP contribution in [-0.4, -0.2) is 35.4 Å². The molecular weight excluding hydrogens is 282 g/mol. The zero-order chi connectivity index (χ0) is 15.5. The lowest BCUT2D eigenvalue weighted by Crippen LogP contribution is -2.21. The number of aromatic nitrogens is 3. The Morgan fingerprint density at radius 3 is 3.09 bits per heavy atom. The highest BCUT2D eigenvalue weighted by Gasteiger charge is 2.23. The molecule has 0 saturated carbocycles. The van der Waals surface area contributed by atoms with Crippen LogP contribution in [0.3, 0.4) is 0 Å². The van der Waals surface area contributed by atoms with Crippen LogP contribution >= 0.6 is 0 Å². The van der Waals surface area contributed by atoms with Crippen LogP contribution < -0.4 is 20.5 Å².